The summed E-state index contributed by atoms with van der Waals surface area (Å²) in [4.78, 5) is 2.40. The van der Waals surface area contributed by atoms with Crippen molar-refractivity contribution in [3.8, 4) is 50.2 Å². The number of rotatable bonds is 8. The van der Waals surface area contributed by atoms with Gasteiger partial charge in [-0.05, 0) is 139 Å². The lowest BCUT2D eigenvalue weighted by atomic mass is 9.92. The van der Waals surface area contributed by atoms with Gasteiger partial charge in [0.05, 0.1) is 11.0 Å². The molecule has 64 heavy (non-hydrogen) atoms. The lowest BCUT2D eigenvalue weighted by Crippen LogP contribution is -2.10. The highest BCUT2D eigenvalue weighted by molar-refractivity contribution is 6.23. The summed E-state index contributed by atoms with van der Waals surface area (Å²) in [7, 11) is 0. The number of fused-ring (bicyclic) bond motifs is 5. The second-order valence-corrected chi connectivity index (χ2v) is 16.5. The average Bonchev–Trinajstić information content (AvgIpc) is 3.70. The van der Waals surface area contributed by atoms with E-state index in [1.807, 2.05) is 0 Å². The lowest BCUT2D eigenvalue weighted by molar-refractivity contribution is 1.18. The van der Waals surface area contributed by atoms with Crippen LogP contribution in [-0.4, -0.2) is 4.57 Å². The van der Waals surface area contributed by atoms with Gasteiger partial charge >= 0.3 is 0 Å². The van der Waals surface area contributed by atoms with Gasteiger partial charge in [0.25, 0.3) is 0 Å². The van der Waals surface area contributed by atoms with E-state index in [1.54, 1.807) is 0 Å². The maximum Gasteiger partial charge on any atom is 0.0553 e. The predicted molar refractivity (Wildman–Crippen MR) is 272 cm³/mol. The van der Waals surface area contributed by atoms with Gasteiger partial charge in [-0.2, -0.15) is 0 Å². The topological polar surface area (TPSA) is 8.17 Å². The van der Waals surface area contributed by atoms with E-state index < -0.39 is 0 Å². The minimum atomic E-state index is 1.09. The summed E-state index contributed by atoms with van der Waals surface area (Å²) in [6.07, 6.45) is 0. The number of anilines is 3. The van der Waals surface area contributed by atoms with Gasteiger partial charge in [0.15, 0.2) is 0 Å². The molecule has 12 rings (SSSR count). The Morgan fingerprint density at radius 3 is 1.50 bits per heavy atom. The van der Waals surface area contributed by atoms with Gasteiger partial charge in [-0.3, -0.25) is 0 Å². The van der Waals surface area contributed by atoms with E-state index in [9.17, 15) is 0 Å². The molecular weight excluding hydrogens is 773 g/mol. The Hall–Kier alpha value is -8.46. The fraction of sp³-hybridized carbons (Fsp3) is 0. The third kappa shape index (κ3) is 6.61. The van der Waals surface area contributed by atoms with Crippen LogP contribution in [0.15, 0.2) is 255 Å². The molecule has 0 aliphatic rings. The Labute approximate surface area is 373 Å². The van der Waals surface area contributed by atoms with Crippen molar-refractivity contribution in [2.24, 2.45) is 0 Å². The van der Waals surface area contributed by atoms with Crippen LogP contribution < -0.4 is 4.90 Å². The maximum absolute atomic E-state index is 2.42. The molecule has 0 aliphatic heterocycles. The highest BCUT2D eigenvalue weighted by atomic mass is 15.1. The summed E-state index contributed by atoms with van der Waals surface area (Å²) < 4.78 is 2.42. The quantitative estimate of drug-likeness (QED) is 0.148. The first-order valence-electron chi connectivity index (χ1n) is 22.0. The van der Waals surface area contributed by atoms with Crippen LogP contribution in [0.25, 0.3) is 93.5 Å². The molecule has 0 saturated carbocycles. The Morgan fingerprint density at radius 1 is 0.266 bits per heavy atom. The maximum atomic E-state index is 2.42. The van der Waals surface area contributed by atoms with Crippen LogP contribution in [-0.2, 0) is 0 Å². The van der Waals surface area contributed by atoms with E-state index in [0.717, 1.165) is 22.7 Å². The molecule has 0 fully saturated rings. The van der Waals surface area contributed by atoms with Gasteiger partial charge in [0, 0.05) is 33.5 Å². The molecule has 2 heteroatoms. The standard InChI is InChI=1S/C62H42N2/c1-3-15-43(16-4-1)48-20-13-21-49(39-48)45-31-35-54(36-32-45)63(55-37-33-46(34-38-55)50-30-29-44-17-7-8-18-47(44)40-50)56-25-14-22-52(41-56)61-57-26-10-9-19-51(57)42-60-62(61)58-27-11-12-28-59(58)64(60)53-23-5-2-6-24-53/h1-42H. The number of hydrogen-bond acceptors (Lipinski definition) is 1. The minimum absolute atomic E-state index is 1.09. The molecule has 12 aromatic rings. The Balaban J connectivity index is 1.02. The monoisotopic (exact) mass is 814 g/mol. The summed E-state index contributed by atoms with van der Waals surface area (Å²) in [5.74, 6) is 0. The predicted octanol–water partition coefficient (Wildman–Crippen LogP) is 17.2. The van der Waals surface area contributed by atoms with Gasteiger partial charge in [0.2, 0.25) is 0 Å². The van der Waals surface area contributed by atoms with E-state index in [0.29, 0.717) is 0 Å². The first-order valence-corrected chi connectivity index (χ1v) is 22.0. The third-order valence-electron chi connectivity index (χ3n) is 12.7. The van der Waals surface area contributed by atoms with Crippen LogP contribution in [0.5, 0.6) is 0 Å². The first kappa shape index (κ1) is 37.3. The Morgan fingerprint density at radius 2 is 0.781 bits per heavy atom. The third-order valence-corrected chi connectivity index (χ3v) is 12.7. The van der Waals surface area contributed by atoms with Crippen LogP contribution in [0.3, 0.4) is 0 Å². The molecule has 0 saturated heterocycles. The number of hydrogen-bond donors (Lipinski definition) is 0. The van der Waals surface area contributed by atoms with Crippen LogP contribution >= 0.6 is 0 Å². The number of aromatic nitrogens is 1. The zero-order valence-corrected chi connectivity index (χ0v) is 35.1. The molecule has 0 aliphatic carbocycles. The largest absolute Gasteiger partial charge is 0.310 e. The van der Waals surface area contributed by atoms with Crippen molar-refractivity contribution in [3.63, 3.8) is 0 Å². The molecule has 300 valence electrons. The molecule has 0 atom stereocenters. The average molecular weight is 815 g/mol. The van der Waals surface area contributed by atoms with Crippen molar-refractivity contribution in [1.29, 1.82) is 0 Å². The van der Waals surface area contributed by atoms with Gasteiger partial charge in [-0.15, -0.1) is 0 Å². The molecule has 1 heterocycles. The highest BCUT2D eigenvalue weighted by Crippen LogP contribution is 2.45. The molecule has 2 nitrogen and oxygen atoms in total. The van der Waals surface area contributed by atoms with Crippen molar-refractivity contribution in [2.45, 2.75) is 0 Å². The van der Waals surface area contributed by atoms with Gasteiger partial charge in [-0.1, -0.05) is 182 Å². The molecule has 0 unspecified atom stereocenters. The van der Waals surface area contributed by atoms with Crippen molar-refractivity contribution in [2.75, 3.05) is 4.90 Å². The lowest BCUT2D eigenvalue weighted by Gasteiger charge is -2.27. The smallest absolute Gasteiger partial charge is 0.0553 e. The second kappa shape index (κ2) is 15.8. The summed E-state index contributed by atoms with van der Waals surface area (Å²) in [6, 6.07) is 92.7. The fourth-order valence-corrected chi connectivity index (χ4v) is 9.68. The van der Waals surface area contributed by atoms with Gasteiger partial charge < -0.3 is 9.47 Å². The van der Waals surface area contributed by atoms with E-state index in [2.05, 4.69) is 264 Å². The molecule has 0 N–H and O–H groups in total. The fourth-order valence-electron chi connectivity index (χ4n) is 9.68. The number of para-hydroxylation sites is 2. The second-order valence-electron chi connectivity index (χ2n) is 16.5. The molecule has 0 bridgehead atoms. The Bertz CT molecular complexity index is 3640. The summed E-state index contributed by atoms with van der Waals surface area (Å²) in [5, 5.41) is 7.42. The summed E-state index contributed by atoms with van der Waals surface area (Å²) >= 11 is 0. The first-order chi connectivity index (χ1) is 31.7. The molecule has 11 aromatic carbocycles. The highest BCUT2D eigenvalue weighted by Gasteiger charge is 2.21. The Kier molecular flexibility index (Phi) is 9.20. The van der Waals surface area contributed by atoms with E-state index in [1.165, 1.54) is 87.9 Å². The summed E-state index contributed by atoms with van der Waals surface area (Å²) in [5.41, 5.74) is 16.4. The van der Waals surface area contributed by atoms with Crippen LogP contribution in [0.4, 0.5) is 17.1 Å². The summed E-state index contributed by atoms with van der Waals surface area (Å²) in [6.45, 7) is 0. The van der Waals surface area contributed by atoms with Crippen molar-refractivity contribution in [1.82, 2.24) is 4.57 Å². The van der Waals surface area contributed by atoms with Gasteiger partial charge in [-0.25, -0.2) is 0 Å². The van der Waals surface area contributed by atoms with E-state index in [-0.39, 0.29) is 0 Å². The molecular formula is C62H42N2. The van der Waals surface area contributed by atoms with Crippen LogP contribution in [0, 0.1) is 0 Å². The molecule has 0 spiro atoms. The molecule has 1 aromatic heterocycles. The molecule has 0 radical (unpaired) electrons. The van der Waals surface area contributed by atoms with E-state index in [4.69, 9.17) is 0 Å². The SMILES string of the molecule is c1ccc(-c2cccc(-c3ccc(N(c4ccc(-c5ccc6ccccc6c5)cc4)c4cccc(-c5c6ccccc6cc6c5c5ccccc5n6-c5ccccc5)c4)cc3)c2)cc1. The van der Waals surface area contributed by atoms with Crippen LogP contribution in [0.1, 0.15) is 0 Å². The zero-order chi connectivity index (χ0) is 42.4. The van der Waals surface area contributed by atoms with Crippen LogP contribution in [0.2, 0.25) is 0 Å². The number of nitrogens with zero attached hydrogens (tertiary/aromatic N) is 2. The van der Waals surface area contributed by atoms with E-state index >= 15 is 0 Å². The van der Waals surface area contributed by atoms with Crippen molar-refractivity contribution in [3.05, 3.63) is 255 Å². The normalized spacial score (nSPS) is 11.4. The minimum Gasteiger partial charge on any atom is -0.310 e. The molecule has 0 amide bonds. The van der Waals surface area contributed by atoms with Crippen molar-refractivity contribution < 1.29 is 0 Å². The van der Waals surface area contributed by atoms with Gasteiger partial charge in [0.1, 0.15) is 0 Å². The zero-order valence-electron chi connectivity index (χ0n) is 35.1. The number of benzene rings is 11. The van der Waals surface area contributed by atoms with Crippen molar-refractivity contribution >= 4 is 60.4 Å².